The van der Waals surface area contributed by atoms with Crippen LogP contribution in [-0.2, 0) is 0 Å². The van der Waals surface area contributed by atoms with E-state index in [1.165, 1.54) is 24.5 Å². The number of anilines is 1. The number of nitrogen functional groups attached to an aromatic ring is 1. The molecule has 1 aromatic heterocycles. The SMILES string of the molecule is Nc1[nH]c(=S)ncc1N=Cc1ccc(O)c(O)c1. The Morgan fingerprint density at radius 1 is 1.33 bits per heavy atom. The molecule has 0 spiro atoms. The van der Waals surface area contributed by atoms with Crippen LogP contribution in [0, 0.1) is 4.77 Å². The Kier molecular flexibility index (Phi) is 3.24. The molecular weight excluding hydrogens is 252 g/mol. The van der Waals surface area contributed by atoms with Gasteiger partial charge in [0.2, 0.25) is 0 Å². The number of aromatic hydroxyl groups is 2. The molecule has 0 saturated carbocycles. The van der Waals surface area contributed by atoms with Gasteiger partial charge in [0.05, 0.1) is 6.20 Å². The van der Waals surface area contributed by atoms with E-state index in [0.29, 0.717) is 17.1 Å². The fraction of sp³-hybridized carbons (Fsp3) is 0. The van der Waals surface area contributed by atoms with Gasteiger partial charge in [0.1, 0.15) is 11.5 Å². The highest BCUT2D eigenvalue weighted by Crippen LogP contribution is 2.24. The van der Waals surface area contributed by atoms with Gasteiger partial charge in [0.25, 0.3) is 0 Å². The van der Waals surface area contributed by atoms with Crippen molar-refractivity contribution in [3.05, 3.63) is 34.7 Å². The highest BCUT2D eigenvalue weighted by atomic mass is 32.1. The molecule has 0 amide bonds. The van der Waals surface area contributed by atoms with Crippen molar-refractivity contribution in [3.63, 3.8) is 0 Å². The van der Waals surface area contributed by atoms with Crippen LogP contribution in [0.5, 0.6) is 11.5 Å². The number of rotatable bonds is 2. The highest BCUT2D eigenvalue weighted by molar-refractivity contribution is 7.71. The Bertz CT molecular complexity index is 666. The second-order valence-electron chi connectivity index (χ2n) is 3.49. The van der Waals surface area contributed by atoms with Crippen LogP contribution in [0.1, 0.15) is 5.56 Å². The van der Waals surface area contributed by atoms with Gasteiger partial charge in [-0.2, -0.15) is 0 Å². The molecule has 7 heteroatoms. The molecule has 0 aliphatic carbocycles. The Morgan fingerprint density at radius 2 is 2.11 bits per heavy atom. The van der Waals surface area contributed by atoms with Crippen LogP contribution in [0.15, 0.2) is 29.4 Å². The summed E-state index contributed by atoms with van der Waals surface area (Å²) in [6.07, 6.45) is 2.94. The van der Waals surface area contributed by atoms with Crippen LogP contribution in [0.4, 0.5) is 11.5 Å². The van der Waals surface area contributed by atoms with Gasteiger partial charge in [0.15, 0.2) is 16.3 Å². The minimum Gasteiger partial charge on any atom is -0.504 e. The zero-order valence-corrected chi connectivity index (χ0v) is 9.98. The van der Waals surface area contributed by atoms with Crippen molar-refractivity contribution in [3.8, 4) is 11.5 Å². The second-order valence-corrected chi connectivity index (χ2v) is 3.88. The summed E-state index contributed by atoms with van der Waals surface area (Å²) >= 11 is 4.81. The number of nitrogens with one attached hydrogen (secondary N) is 1. The lowest BCUT2D eigenvalue weighted by Gasteiger charge is -2.00. The lowest BCUT2D eigenvalue weighted by Crippen LogP contribution is -1.92. The molecule has 1 heterocycles. The molecule has 0 unspecified atom stereocenters. The van der Waals surface area contributed by atoms with E-state index in [1.807, 2.05) is 0 Å². The fourth-order valence-electron chi connectivity index (χ4n) is 1.27. The summed E-state index contributed by atoms with van der Waals surface area (Å²) in [7, 11) is 0. The zero-order valence-electron chi connectivity index (χ0n) is 9.16. The molecule has 0 aliphatic heterocycles. The molecule has 0 bridgehead atoms. The standard InChI is InChI=1S/C11H10N4O2S/c12-10-7(5-14-11(18)15-10)13-4-6-1-2-8(16)9(17)3-6/h1-5,16-17H,(H3,12,14,15,18). The third-order valence-corrected chi connectivity index (χ3v) is 2.38. The monoisotopic (exact) mass is 262 g/mol. The summed E-state index contributed by atoms with van der Waals surface area (Å²) in [5.41, 5.74) is 6.73. The summed E-state index contributed by atoms with van der Waals surface area (Å²) in [5.74, 6) is -0.0797. The first-order valence-corrected chi connectivity index (χ1v) is 5.38. The van der Waals surface area contributed by atoms with Crippen molar-refractivity contribution in [2.24, 2.45) is 4.99 Å². The number of aromatic nitrogens is 2. The molecule has 0 atom stereocenters. The van der Waals surface area contributed by atoms with E-state index in [4.69, 9.17) is 23.1 Å². The molecule has 0 radical (unpaired) electrons. The van der Waals surface area contributed by atoms with Gasteiger partial charge in [-0.3, -0.25) is 4.99 Å². The van der Waals surface area contributed by atoms with E-state index in [1.54, 1.807) is 6.07 Å². The molecule has 92 valence electrons. The minimum atomic E-state index is -0.211. The molecule has 0 saturated heterocycles. The average molecular weight is 262 g/mol. The summed E-state index contributed by atoms with van der Waals surface area (Å²) in [4.78, 5) is 10.6. The second kappa shape index (κ2) is 4.84. The normalized spacial score (nSPS) is 10.9. The Balaban J connectivity index is 2.30. The predicted molar refractivity (Wildman–Crippen MR) is 70.9 cm³/mol. The van der Waals surface area contributed by atoms with Crippen molar-refractivity contribution in [2.45, 2.75) is 0 Å². The molecule has 2 rings (SSSR count). The maximum absolute atomic E-state index is 9.32. The predicted octanol–water partition coefficient (Wildman–Crippen LogP) is 1.88. The van der Waals surface area contributed by atoms with Gasteiger partial charge < -0.3 is 20.9 Å². The smallest absolute Gasteiger partial charge is 0.198 e. The number of benzene rings is 1. The number of H-pyrrole nitrogens is 1. The number of phenols is 2. The van der Waals surface area contributed by atoms with E-state index >= 15 is 0 Å². The third kappa shape index (κ3) is 2.64. The zero-order chi connectivity index (χ0) is 13.1. The molecule has 2 aromatic rings. The number of aromatic amines is 1. The first-order chi connectivity index (χ1) is 8.56. The highest BCUT2D eigenvalue weighted by Gasteiger charge is 2.00. The van der Waals surface area contributed by atoms with Gasteiger partial charge in [-0.05, 0) is 36.0 Å². The van der Waals surface area contributed by atoms with Gasteiger partial charge in [-0.15, -0.1) is 0 Å². The van der Waals surface area contributed by atoms with E-state index in [9.17, 15) is 5.11 Å². The summed E-state index contributed by atoms with van der Waals surface area (Å²) < 4.78 is 0.286. The van der Waals surface area contributed by atoms with E-state index < -0.39 is 0 Å². The van der Waals surface area contributed by atoms with Crippen molar-refractivity contribution in [1.82, 2.24) is 9.97 Å². The number of nitrogens with zero attached hydrogens (tertiary/aromatic N) is 2. The van der Waals surface area contributed by atoms with Crippen molar-refractivity contribution in [1.29, 1.82) is 0 Å². The summed E-state index contributed by atoms with van der Waals surface area (Å²) in [5, 5.41) is 18.5. The molecule has 0 fully saturated rings. The molecule has 5 N–H and O–H groups in total. The maximum Gasteiger partial charge on any atom is 0.198 e. The number of aliphatic imine (C=N–C) groups is 1. The first-order valence-electron chi connectivity index (χ1n) is 4.97. The quantitative estimate of drug-likeness (QED) is 0.375. The van der Waals surface area contributed by atoms with Crippen LogP contribution in [-0.4, -0.2) is 26.4 Å². The average Bonchev–Trinajstić information content (AvgIpc) is 2.32. The fourth-order valence-corrected chi connectivity index (χ4v) is 1.43. The van der Waals surface area contributed by atoms with Crippen molar-refractivity contribution in [2.75, 3.05) is 5.73 Å². The molecule has 6 nitrogen and oxygen atoms in total. The summed E-state index contributed by atoms with van der Waals surface area (Å²) in [6.45, 7) is 0. The van der Waals surface area contributed by atoms with Crippen LogP contribution < -0.4 is 5.73 Å². The molecular formula is C11H10N4O2S. The third-order valence-electron chi connectivity index (χ3n) is 2.17. The van der Waals surface area contributed by atoms with Crippen molar-refractivity contribution < 1.29 is 10.2 Å². The molecule has 1 aromatic carbocycles. The molecule has 18 heavy (non-hydrogen) atoms. The molecule has 0 aliphatic rings. The Hall–Kier alpha value is -2.41. The van der Waals surface area contributed by atoms with E-state index in [0.717, 1.165) is 0 Å². The van der Waals surface area contributed by atoms with Gasteiger partial charge >= 0.3 is 0 Å². The topological polar surface area (TPSA) is 108 Å². The van der Waals surface area contributed by atoms with Crippen LogP contribution >= 0.6 is 12.2 Å². The number of nitrogens with two attached hydrogens (primary N) is 1. The van der Waals surface area contributed by atoms with E-state index in [-0.39, 0.29) is 16.3 Å². The first kappa shape index (κ1) is 12.1. The lowest BCUT2D eigenvalue weighted by atomic mass is 10.2. The largest absolute Gasteiger partial charge is 0.504 e. The van der Waals surface area contributed by atoms with Crippen LogP contribution in [0.2, 0.25) is 0 Å². The van der Waals surface area contributed by atoms with Gasteiger partial charge in [-0.25, -0.2) is 4.98 Å². The van der Waals surface area contributed by atoms with Crippen LogP contribution in [0.3, 0.4) is 0 Å². The maximum atomic E-state index is 9.32. The number of phenolic OH excluding ortho intramolecular Hbond substituents is 2. The number of hydrogen-bond acceptors (Lipinski definition) is 6. The van der Waals surface area contributed by atoms with Crippen LogP contribution in [0.25, 0.3) is 0 Å². The van der Waals surface area contributed by atoms with Crippen molar-refractivity contribution >= 4 is 29.9 Å². The Morgan fingerprint density at radius 3 is 2.78 bits per heavy atom. The van der Waals surface area contributed by atoms with Gasteiger partial charge in [0, 0.05) is 6.21 Å². The van der Waals surface area contributed by atoms with E-state index in [2.05, 4.69) is 15.0 Å². The Labute approximate surface area is 107 Å². The summed E-state index contributed by atoms with van der Waals surface area (Å²) in [6, 6.07) is 4.36. The van der Waals surface area contributed by atoms with Gasteiger partial charge in [-0.1, -0.05) is 0 Å². The lowest BCUT2D eigenvalue weighted by molar-refractivity contribution is 0.403. The number of hydrogen-bond donors (Lipinski definition) is 4. The minimum absolute atomic E-state index is 0.183.